The second-order valence-corrected chi connectivity index (χ2v) is 3.14. The van der Waals surface area contributed by atoms with Gasteiger partial charge in [-0.25, -0.2) is 0 Å². The number of aliphatic hydroxyl groups excluding tert-OH is 1. The fourth-order valence-corrected chi connectivity index (χ4v) is 1.05. The van der Waals surface area contributed by atoms with Crippen LogP contribution in [0.4, 0.5) is 0 Å². The maximum absolute atomic E-state index is 11.0. The Morgan fingerprint density at radius 3 is 2.62 bits per heavy atom. The van der Waals surface area contributed by atoms with E-state index < -0.39 is 6.10 Å². The van der Waals surface area contributed by atoms with Gasteiger partial charge in [0.15, 0.2) is 0 Å². The zero-order chi connectivity index (χ0) is 10.3. The Morgan fingerprint density at radius 1 is 1.62 bits per heavy atom. The molecule has 2 N–H and O–H groups in total. The van der Waals surface area contributed by atoms with Crippen LogP contribution >= 0.6 is 0 Å². The van der Waals surface area contributed by atoms with Crippen LogP contribution in [0.25, 0.3) is 0 Å². The molecule has 0 aliphatic rings. The first-order chi connectivity index (χ1) is 6.10. The molecule has 0 aromatic carbocycles. The van der Waals surface area contributed by atoms with Crippen molar-refractivity contribution in [3.8, 4) is 0 Å². The van der Waals surface area contributed by atoms with Gasteiger partial charge in [-0.05, 0) is 20.4 Å². The van der Waals surface area contributed by atoms with Crippen LogP contribution in [0.15, 0.2) is 0 Å². The predicted octanol–water partition coefficient (Wildman–Crippen LogP) is 0.298. The third-order valence-electron chi connectivity index (χ3n) is 1.68. The smallest absolute Gasteiger partial charge is 0.320 e. The molecule has 0 spiro atoms. The lowest BCUT2D eigenvalue weighted by atomic mass is 10.1. The Morgan fingerprint density at radius 2 is 2.23 bits per heavy atom. The number of esters is 1. The third-order valence-corrected chi connectivity index (χ3v) is 1.68. The van der Waals surface area contributed by atoms with Crippen LogP contribution in [-0.4, -0.2) is 36.9 Å². The minimum Gasteiger partial charge on any atom is -0.461 e. The minimum absolute atomic E-state index is 0.166. The number of nitrogens with one attached hydrogen (secondary N) is 1. The molecule has 2 atom stereocenters. The summed E-state index contributed by atoms with van der Waals surface area (Å²) in [6.45, 7) is 3.84. The van der Waals surface area contributed by atoms with Gasteiger partial charge in [-0.2, -0.15) is 0 Å². The van der Waals surface area contributed by atoms with E-state index in [-0.39, 0.29) is 18.6 Å². The molecule has 0 saturated carbocycles. The first-order valence-corrected chi connectivity index (χ1v) is 4.62. The number of aliphatic hydroxyl groups is 1. The monoisotopic (exact) mass is 189 g/mol. The average Bonchev–Trinajstić information content (AvgIpc) is 2.02. The van der Waals surface area contributed by atoms with Crippen molar-refractivity contribution in [2.75, 3.05) is 13.6 Å². The van der Waals surface area contributed by atoms with E-state index in [0.29, 0.717) is 6.42 Å². The van der Waals surface area contributed by atoms with Gasteiger partial charge in [-0.15, -0.1) is 0 Å². The van der Waals surface area contributed by atoms with Crippen LogP contribution in [0, 0.1) is 0 Å². The van der Waals surface area contributed by atoms with E-state index in [2.05, 4.69) is 5.32 Å². The largest absolute Gasteiger partial charge is 0.461 e. The molecule has 4 nitrogen and oxygen atoms in total. The lowest BCUT2D eigenvalue weighted by Crippen LogP contribution is -2.27. The summed E-state index contributed by atoms with van der Waals surface area (Å²) in [5.74, 6) is -0.269. The molecule has 13 heavy (non-hydrogen) atoms. The van der Waals surface area contributed by atoms with Crippen molar-refractivity contribution in [1.82, 2.24) is 5.32 Å². The summed E-state index contributed by atoms with van der Waals surface area (Å²) in [5, 5.41) is 11.8. The summed E-state index contributed by atoms with van der Waals surface area (Å²) in [4.78, 5) is 11.0. The van der Waals surface area contributed by atoms with Gasteiger partial charge < -0.3 is 15.2 Å². The van der Waals surface area contributed by atoms with Gasteiger partial charge in [-0.3, -0.25) is 4.79 Å². The summed E-state index contributed by atoms with van der Waals surface area (Å²) in [5.41, 5.74) is 0. The molecule has 0 amide bonds. The molecule has 78 valence electrons. The van der Waals surface area contributed by atoms with Gasteiger partial charge in [0.05, 0.1) is 12.6 Å². The quantitative estimate of drug-likeness (QED) is 0.590. The number of rotatable bonds is 6. The number of hydrogen-bond donors (Lipinski definition) is 2. The van der Waals surface area contributed by atoms with Crippen LogP contribution in [0.3, 0.4) is 0 Å². The lowest BCUT2D eigenvalue weighted by molar-refractivity contribution is -0.149. The number of carbonyl (C=O) groups is 1. The van der Waals surface area contributed by atoms with E-state index in [9.17, 15) is 4.79 Å². The second-order valence-electron chi connectivity index (χ2n) is 3.14. The van der Waals surface area contributed by atoms with Crippen molar-refractivity contribution >= 4 is 5.97 Å². The van der Waals surface area contributed by atoms with Gasteiger partial charge >= 0.3 is 5.97 Å². The molecule has 4 heteroatoms. The Bertz CT molecular complexity index is 148. The van der Waals surface area contributed by atoms with E-state index >= 15 is 0 Å². The zero-order valence-electron chi connectivity index (χ0n) is 8.54. The highest BCUT2D eigenvalue weighted by Gasteiger charge is 2.13. The fourth-order valence-electron chi connectivity index (χ4n) is 1.05. The minimum atomic E-state index is -0.424. The molecule has 2 unspecified atom stereocenters. The maximum Gasteiger partial charge on any atom is 0.320 e. The molecule has 0 saturated heterocycles. The van der Waals surface area contributed by atoms with Crippen molar-refractivity contribution in [2.45, 2.75) is 38.9 Å². The first-order valence-electron chi connectivity index (χ1n) is 4.62. The molecule has 0 fully saturated rings. The molecule has 0 bridgehead atoms. The molecule has 0 aliphatic carbocycles. The molecule has 0 rings (SSSR count). The summed E-state index contributed by atoms with van der Waals surface area (Å²) >= 11 is 0. The number of ether oxygens (including phenoxy) is 1. The van der Waals surface area contributed by atoms with E-state index in [1.54, 1.807) is 14.0 Å². The molecule has 0 aliphatic heterocycles. The predicted molar refractivity (Wildman–Crippen MR) is 50.4 cm³/mol. The first kappa shape index (κ1) is 12.4. The molecule has 0 heterocycles. The van der Waals surface area contributed by atoms with E-state index in [4.69, 9.17) is 9.84 Å². The van der Waals surface area contributed by atoms with Gasteiger partial charge in [0.2, 0.25) is 0 Å². The van der Waals surface area contributed by atoms with E-state index in [1.807, 2.05) is 6.92 Å². The molecule has 0 aromatic heterocycles. The van der Waals surface area contributed by atoms with Crippen LogP contribution in [0.2, 0.25) is 0 Å². The van der Waals surface area contributed by atoms with Crippen LogP contribution in [0.1, 0.15) is 26.7 Å². The van der Waals surface area contributed by atoms with Gasteiger partial charge in [0.25, 0.3) is 0 Å². The van der Waals surface area contributed by atoms with Crippen molar-refractivity contribution in [2.24, 2.45) is 0 Å². The summed E-state index contributed by atoms with van der Waals surface area (Å²) in [7, 11) is 1.69. The van der Waals surface area contributed by atoms with Gasteiger partial charge in [0.1, 0.15) is 6.10 Å². The highest BCUT2D eigenvalue weighted by molar-refractivity contribution is 5.71. The normalized spacial score (nSPS) is 15.1. The third kappa shape index (κ3) is 6.54. The second kappa shape index (κ2) is 6.86. The fraction of sp³-hybridized carbons (Fsp3) is 0.889. The maximum atomic E-state index is 11.0. The molecule has 0 radical (unpaired) electrons. The Balaban J connectivity index is 3.76. The lowest BCUT2D eigenvalue weighted by Gasteiger charge is -2.17. The summed E-state index contributed by atoms with van der Waals surface area (Å²) < 4.78 is 5.09. The highest BCUT2D eigenvalue weighted by atomic mass is 16.5. The zero-order valence-corrected chi connectivity index (χ0v) is 8.54. The summed E-state index contributed by atoms with van der Waals surface area (Å²) in [6.07, 6.45) is 0.653. The van der Waals surface area contributed by atoms with Crippen LogP contribution < -0.4 is 5.32 Å². The average molecular weight is 189 g/mol. The Hall–Kier alpha value is -0.610. The Kier molecular flexibility index (Phi) is 6.54. The van der Waals surface area contributed by atoms with Crippen molar-refractivity contribution < 1.29 is 14.6 Å². The van der Waals surface area contributed by atoms with Crippen molar-refractivity contribution in [3.63, 3.8) is 0 Å². The SMILES string of the molecule is CCC(CC(C)O)OC(=O)CNC. The summed E-state index contributed by atoms with van der Waals surface area (Å²) in [6, 6.07) is 0. The Labute approximate surface area is 79.3 Å². The van der Waals surface area contributed by atoms with Crippen molar-refractivity contribution in [1.29, 1.82) is 0 Å². The van der Waals surface area contributed by atoms with E-state index in [1.165, 1.54) is 0 Å². The standard InChI is InChI=1S/C9H19NO3/c1-4-8(5-7(2)11)13-9(12)6-10-3/h7-8,10-11H,4-6H2,1-3H3. The van der Waals surface area contributed by atoms with Crippen LogP contribution in [0.5, 0.6) is 0 Å². The highest BCUT2D eigenvalue weighted by Crippen LogP contribution is 2.06. The molecule has 0 aromatic rings. The molecular formula is C9H19NO3. The van der Waals surface area contributed by atoms with E-state index in [0.717, 1.165) is 6.42 Å². The topological polar surface area (TPSA) is 58.6 Å². The number of likely N-dealkylation sites (N-methyl/N-ethyl adjacent to an activating group) is 1. The van der Waals surface area contributed by atoms with Crippen LogP contribution in [-0.2, 0) is 9.53 Å². The molecular weight excluding hydrogens is 170 g/mol. The number of carbonyl (C=O) groups excluding carboxylic acids is 1. The van der Waals surface area contributed by atoms with Crippen molar-refractivity contribution in [3.05, 3.63) is 0 Å². The van der Waals surface area contributed by atoms with Gasteiger partial charge in [-0.1, -0.05) is 6.92 Å². The number of hydrogen-bond acceptors (Lipinski definition) is 4. The van der Waals surface area contributed by atoms with Gasteiger partial charge in [0, 0.05) is 6.42 Å².